The molecule has 142 valence electrons. The summed E-state index contributed by atoms with van der Waals surface area (Å²) in [6.07, 6.45) is 3.84. The molecule has 1 atom stereocenters. The molecule has 0 aromatic heterocycles. The van der Waals surface area contributed by atoms with Crippen molar-refractivity contribution in [1.29, 1.82) is 0 Å². The van der Waals surface area contributed by atoms with Gasteiger partial charge < -0.3 is 9.47 Å². The zero-order valence-corrected chi connectivity index (χ0v) is 16.3. The number of likely N-dealkylation sites (tertiary alicyclic amines) is 1. The third-order valence-electron chi connectivity index (χ3n) is 4.64. The average Bonchev–Trinajstić information content (AvgIpc) is 3.14. The van der Waals surface area contributed by atoms with E-state index in [2.05, 4.69) is 9.62 Å². The van der Waals surface area contributed by atoms with Crippen molar-refractivity contribution < 1.29 is 17.9 Å². The quantitative estimate of drug-likeness (QED) is 0.686. The van der Waals surface area contributed by atoms with Crippen LogP contribution in [0.3, 0.4) is 0 Å². The minimum Gasteiger partial charge on any atom is -0.493 e. The lowest BCUT2D eigenvalue weighted by Crippen LogP contribution is -2.37. The maximum absolute atomic E-state index is 12.2. The molecule has 0 amide bonds. The van der Waals surface area contributed by atoms with Crippen LogP contribution in [0.5, 0.6) is 11.5 Å². The number of hydrogen-bond donors (Lipinski definition) is 1. The minimum absolute atomic E-state index is 0.00120. The fourth-order valence-electron chi connectivity index (χ4n) is 3.18. The number of rotatable bonds is 10. The predicted molar refractivity (Wildman–Crippen MR) is 99.8 cm³/mol. The number of unbranched alkanes of at least 4 members (excludes halogenated alkanes) is 1. The van der Waals surface area contributed by atoms with Gasteiger partial charge in [-0.15, -0.1) is 0 Å². The van der Waals surface area contributed by atoms with Gasteiger partial charge in [-0.2, -0.15) is 0 Å². The van der Waals surface area contributed by atoms with E-state index in [0.29, 0.717) is 24.5 Å². The number of hydrogen-bond acceptors (Lipinski definition) is 5. The van der Waals surface area contributed by atoms with E-state index < -0.39 is 10.0 Å². The SMILES string of the molecule is CCCCS(=O)(=O)NCC(c1ccc(OC)c(OC)c1)N1CCCC1. The van der Waals surface area contributed by atoms with Gasteiger partial charge in [-0.3, -0.25) is 4.90 Å². The number of ether oxygens (including phenoxy) is 2. The maximum Gasteiger partial charge on any atom is 0.211 e. The van der Waals surface area contributed by atoms with Crippen molar-refractivity contribution in [3.63, 3.8) is 0 Å². The molecule has 0 saturated carbocycles. The molecule has 0 bridgehead atoms. The molecular formula is C18H30N2O4S. The number of benzene rings is 1. The highest BCUT2D eigenvalue weighted by Gasteiger charge is 2.26. The van der Waals surface area contributed by atoms with Crippen molar-refractivity contribution in [2.24, 2.45) is 0 Å². The Balaban J connectivity index is 2.19. The fraction of sp³-hybridized carbons (Fsp3) is 0.667. The van der Waals surface area contributed by atoms with Gasteiger partial charge in [0.15, 0.2) is 11.5 Å². The van der Waals surface area contributed by atoms with Gasteiger partial charge in [0.1, 0.15) is 0 Å². The third kappa shape index (κ3) is 5.59. The topological polar surface area (TPSA) is 67.9 Å². The minimum atomic E-state index is -3.24. The monoisotopic (exact) mass is 370 g/mol. The smallest absolute Gasteiger partial charge is 0.211 e. The molecule has 1 aromatic rings. The molecule has 25 heavy (non-hydrogen) atoms. The van der Waals surface area contributed by atoms with Crippen molar-refractivity contribution in [3.05, 3.63) is 23.8 Å². The Morgan fingerprint density at radius 2 is 1.84 bits per heavy atom. The van der Waals surface area contributed by atoms with E-state index in [-0.39, 0.29) is 11.8 Å². The number of nitrogens with zero attached hydrogens (tertiary/aromatic N) is 1. The Labute approximate surface area is 151 Å². The molecule has 0 aliphatic carbocycles. The largest absolute Gasteiger partial charge is 0.493 e. The van der Waals surface area contributed by atoms with Crippen LogP contribution in [0.4, 0.5) is 0 Å². The van der Waals surface area contributed by atoms with Gasteiger partial charge in [-0.1, -0.05) is 19.4 Å². The molecule has 1 aliphatic heterocycles. The Bertz CT molecular complexity index is 642. The van der Waals surface area contributed by atoms with Crippen molar-refractivity contribution in [1.82, 2.24) is 9.62 Å². The van der Waals surface area contributed by atoms with Crippen LogP contribution in [-0.4, -0.2) is 52.9 Å². The number of nitrogens with one attached hydrogen (secondary N) is 1. The molecule has 1 heterocycles. The number of methoxy groups -OCH3 is 2. The van der Waals surface area contributed by atoms with Gasteiger partial charge in [-0.05, 0) is 50.0 Å². The molecular weight excluding hydrogens is 340 g/mol. The summed E-state index contributed by atoms with van der Waals surface area (Å²) < 4.78 is 37.9. The third-order valence-corrected chi connectivity index (χ3v) is 6.07. The van der Waals surface area contributed by atoms with E-state index in [0.717, 1.165) is 37.9 Å². The first-order valence-electron chi connectivity index (χ1n) is 8.94. The summed E-state index contributed by atoms with van der Waals surface area (Å²) in [4.78, 5) is 2.34. The highest BCUT2D eigenvalue weighted by molar-refractivity contribution is 7.89. The molecule has 1 N–H and O–H groups in total. The van der Waals surface area contributed by atoms with Crippen LogP contribution < -0.4 is 14.2 Å². The zero-order chi connectivity index (χ0) is 18.3. The van der Waals surface area contributed by atoms with Gasteiger partial charge in [0.05, 0.1) is 20.0 Å². The summed E-state index contributed by atoms with van der Waals surface area (Å²) >= 11 is 0. The Morgan fingerprint density at radius 3 is 2.44 bits per heavy atom. The first-order valence-corrected chi connectivity index (χ1v) is 10.6. The van der Waals surface area contributed by atoms with Crippen LogP contribution in [0.25, 0.3) is 0 Å². The van der Waals surface area contributed by atoms with Crippen LogP contribution in [0.2, 0.25) is 0 Å². The van der Waals surface area contributed by atoms with Gasteiger partial charge in [0.25, 0.3) is 0 Å². The second kappa shape index (κ2) is 9.40. The second-order valence-corrected chi connectivity index (χ2v) is 8.32. The van der Waals surface area contributed by atoms with E-state index >= 15 is 0 Å². The molecule has 1 saturated heterocycles. The summed E-state index contributed by atoms with van der Waals surface area (Å²) in [7, 11) is -0.0179. The zero-order valence-electron chi connectivity index (χ0n) is 15.5. The van der Waals surface area contributed by atoms with Gasteiger partial charge in [-0.25, -0.2) is 13.1 Å². The normalized spacial score (nSPS) is 16.8. The lowest BCUT2D eigenvalue weighted by Gasteiger charge is -2.28. The summed E-state index contributed by atoms with van der Waals surface area (Å²) in [6, 6.07) is 5.81. The Hall–Kier alpha value is -1.31. The van der Waals surface area contributed by atoms with Crippen LogP contribution in [0.15, 0.2) is 18.2 Å². The summed E-state index contributed by atoms with van der Waals surface area (Å²) in [6.45, 7) is 4.33. The summed E-state index contributed by atoms with van der Waals surface area (Å²) in [5.74, 6) is 1.52. The van der Waals surface area contributed by atoms with Gasteiger partial charge in [0, 0.05) is 12.6 Å². The fourth-order valence-corrected chi connectivity index (χ4v) is 4.41. The number of sulfonamides is 1. The van der Waals surface area contributed by atoms with E-state index in [1.165, 1.54) is 0 Å². The highest BCUT2D eigenvalue weighted by Crippen LogP contribution is 2.33. The molecule has 1 aromatic carbocycles. The molecule has 6 nitrogen and oxygen atoms in total. The van der Waals surface area contributed by atoms with Crippen molar-refractivity contribution in [2.75, 3.05) is 39.6 Å². The highest BCUT2D eigenvalue weighted by atomic mass is 32.2. The van der Waals surface area contributed by atoms with Crippen LogP contribution in [-0.2, 0) is 10.0 Å². The second-order valence-electron chi connectivity index (χ2n) is 6.39. The maximum atomic E-state index is 12.2. The van der Waals surface area contributed by atoms with E-state index in [1.54, 1.807) is 14.2 Å². The van der Waals surface area contributed by atoms with Gasteiger partial charge >= 0.3 is 0 Å². The lowest BCUT2D eigenvalue weighted by molar-refractivity contribution is 0.245. The van der Waals surface area contributed by atoms with E-state index in [1.807, 2.05) is 25.1 Å². The molecule has 7 heteroatoms. The van der Waals surface area contributed by atoms with Crippen LogP contribution in [0.1, 0.15) is 44.2 Å². The molecule has 1 aliphatic rings. The van der Waals surface area contributed by atoms with Gasteiger partial charge in [0.2, 0.25) is 10.0 Å². The molecule has 0 radical (unpaired) electrons. The summed E-state index contributed by atoms with van der Waals surface area (Å²) in [5, 5.41) is 0. The first-order chi connectivity index (χ1) is 12.0. The van der Waals surface area contributed by atoms with Crippen LogP contribution >= 0.6 is 0 Å². The Morgan fingerprint density at radius 1 is 1.16 bits per heavy atom. The van der Waals surface area contributed by atoms with Crippen LogP contribution in [0, 0.1) is 0 Å². The standard InChI is InChI=1S/C18H30N2O4S/c1-4-5-12-25(21,22)19-14-16(20-10-6-7-11-20)15-8-9-17(23-2)18(13-15)24-3/h8-9,13,16,19H,4-7,10-12,14H2,1-3H3. The lowest BCUT2D eigenvalue weighted by atomic mass is 10.0. The first kappa shape index (κ1) is 20.0. The molecule has 1 fully saturated rings. The van der Waals surface area contributed by atoms with E-state index in [9.17, 15) is 8.42 Å². The average molecular weight is 371 g/mol. The Kier molecular flexibility index (Phi) is 7.53. The summed E-state index contributed by atoms with van der Waals surface area (Å²) in [5.41, 5.74) is 1.04. The predicted octanol–water partition coefficient (Wildman–Crippen LogP) is 2.56. The van der Waals surface area contributed by atoms with Crippen molar-refractivity contribution >= 4 is 10.0 Å². The molecule has 0 spiro atoms. The van der Waals surface area contributed by atoms with E-state index in [4.69, 9.17) is 9.47 Å². The molecule has 2 rings (SSSR count). The van der Waals surface area contributed by atoms with Crippen molar-refractivity contribution in [2.45, 2.75) is 38.6 Å². The van der Waals surface area contributed by atoms with Crippen molar-refractivity contribution in [3.8, 4) is 11.5 Å². The molecule has 1 unspecified atom stereocenters.